The van der Waals surface area contributed by atoms with Crippen molar-refractivity contribution in [2.75, 3.05) is 13.7 Å². The van der Waals surface area contributed by atoms with Crippen molar-refractivity contribution in [3.8, 4) is 0 Å². The molecule has 1 unspecified atom stereocenters. The Morgan fingerprint density at radius 3 is 2.29 bits per heavy atom. The van der Waals surface area contributed by atoms with Crippen molar-refractivity contribution in [1.82, 2.24) is 15.3 Å². The van der Waals surface area contributed by atoms with Gasteiger partial charge in [-0.25, -0.2) is 9.97 Å². The number of hydrogen-bond donors (Lipinski definition) is 1. The van der Waals surface area contributed by atoms with E-state index in [9.17, 15) is 9.59 Å². The van der Waals surface area contributed by atoms with Gasteiger partial charge in [-0.3, -0.25) is 14.6 Å². The van der Waals surface area contributed by atoms with Gasteiger partial charge in [-0.05, 0) is 38.0 Å². The molecule has 1 heterocycles. The highest BCUT2D eigenvalue weighted by molar-refractivity contribution is 7.15. The Kier molecular flexibility index (Phi) is 13.9. The third-order valence-electron chi connectivity index (χ3n) is 3.35. The lowest BCUT2D eigenvalue weighted by atomic mass is 10.1. The number of hydrogen-bond acceptors (Lipinski definition) is 5. The lowest BCUT2D eigenvalue weighted by Crippen LogP contribution is -2.30. The fraction of sp³-hybridized carbons (Fsp3) is 0.286. The molecule has 0 radical (unpaired) electrons. The van der Waals surface area contributed by atoms with Crippen LogP contribution in [-0.2, 0) is 11.3 Å². The zero-order chi connectivity index (χ0) is 21.4. The Balaban J connectivity index is 0. The molecule has 1 N–H and O–H groups in total. The number of aldehydes is 1. The van der Waals surface area contributed by atoms with E-state index in [-0.39, 0.29) is 7.33 Å². The number of allylic oxidation sites excluding steroid dienone is 1. The lowest BCUT2D eigenvalue weighted by molar-refractivity contribution is -0.114. The zero-order valence-corrected chi connectivity index (χ0v) is 18.3. The number of nitrogens with zero attached hydrogens (tertiary/aromatic N) is 3. The molecule has 1 amide bonds. The van der Waals surface area contributed by atoms with E-state index in [1.54, 1.807) is 31.6 Å². The van der Waals surface area contributed by atoms with Gasteiger partial charge in [0.2, 0.25) is 0 Å². The SMILES string of the molecule is C/C=C\C(=NC)C(=O)NCc1ncc(C)cn1.CP.Cc1ccccc1C=O.[HH]. The molecule has 0 saturated heterocycles. The summed E-state index contributed by atoms with van der Waals surface area (Å²) in [5.74, 6) is 0.356. The molecule has 1 atom stereocenters. The normalized spacial score (nSPS) is 10.3. The highest BCUT2D eigenvalue weighted by Crippen LogP contribution is 2.02. The number of benzene rings is 1. The molecule has 2 rings (SSSR count). The van der Waals surface area contributed by atoms with E-state index in [1.165, 1.54) is 0 Å². The molecule has 1 aromatic carbocycles. The van der Waals surface area contributed by atoms with Crippen LogP contribution in [-0.4, -0.2) is 41.6 Å². The summed E-state index contributed by atoms with van der Waals surface area (Å²) in [6.07, 6.45) is 7.73. The average Bonchev–Trinajstić information content (AvgIpc) is 2.73. The molecular formula is C21H31N4O2P. The van der Waals surface area contributed by atoms with Crippen LogP contribution in [0.2, 0.25) is 0 Å². The molecule has 0 spiro atoms. The van der Waals surface area contributed by atoms with Crippen molar-refractivity contribution in [2.24, 2.45) is 4.99 Å². The smallest absolute Gasteiger partial charge is 0.269 e. The first-order valence-corrected chi connectivity index (χ1v) is 9.91. The molecule has 152 valence electrons. The standard InChI is InChI=1S/C12H16N4O.C8H8O.CH5P.H2/c1-4-5-10(13-3)12(17)16-8-11-14-6-9(2)7-15-11;1-7-4-2-3-5-8(7)6-9;1-2;/h4-7H,8H2,1-3H3,(H,16,17);2-6H,1H3;2H2,1H3;1H/b5-4-,13-10?;;;. The van der Waals surface area contributed by atoms with Gasteiger partial charge in [-0.1, -0.05) is 37.0 Å². The second-order valence-electron chi connectivity index (χ2n) is 5.44. The molecule has 1 aromatic heterocycles. The zero-order valence-electron chi connectivity index (χ0n) is 17.1. The van der Waals surface area contributed by atoms with Crippen LogP contribution in [0.4, 0.5) is 0 Å². The summed E-state index contributed by atoms with van der Waals surface area (Å²) in [5, 5.41) is 2.71. The van der Waals surface area contributed by atoms with Gasteiger partial charge in [-0.2, -0.15) is 0 Å². The van der Waals surface area contributed by atoms with E-state index in [4.69, 9.17) is 0 Å². The van der Waals surface area contributed by atoms with E-state index in [0.717, 1.165) is 23.0 Å². The average molecular weight is 402 g/mol. The van der Waals surface area contributed by atoms with Crippen LogP contribution in [0.1, 0.15) is 35.7 Å². The summed E-state index contributed by atoms with van der Waals surface area (Å²) in [5.41, 5.74) is 3.19. The van der Waals surface area contributed by atoms with Crippen molar-refractivity contribution in [2.45, 2.75) is 27.3 Å². The van der Waals surface area contributed by atoms with Crippen LogP contribution in [0.3, 0.4) is 0 Å². The molecule has 28 heavy (non-hydrogen) atoms. The molecule has 0 aliphatic rings. The number of carbonyl (C=O) groups is 2. The molecule has 0 aliphatic heterocycles. The summed E-state index contributed by atoms with van der Waals surface area (Å²) in [7, 11) is 4.00. The maximum atomic E-state index is 11.7. The van der Waals surface area contributed by atoms with Crippen LogP contribution >= 0.6 is 9.24 Å². The lowest BCUT2D eigenvalue weighted by Gasteiger charge is -2.03. The fourth-order valence-corrected chi connectivity index (χ4v) is 1.89. The Morgan fingerprint density at radius 1 is 1.21 bits per heavy atom. The maximum Gasteiger partial charge on any atom is 0.269 e. The van der Waals surface area contributed by atoms with Gasteiger partial charge in [0.1, 0.15) is 17.8 Å². The Morgan fingerprint density at radius 2 is 1.82 bits per heavy atom. The van der Waals surface area contributed by atoms with Crippen LogP contribution in [0.5, 0.6) is 0 Å². The second-order valence-corrected chi connectivity index (χ2v) is 5.44. The number of aliphatic imine (C=N–C) groups is 1. The number of rotatable bonds is 5. The fourth-order valence-electron chi connectivity index (χ4n) is 1.89. The van der Waals surface area contributed by atoms with Gasteiger partial charge < -0.3 is 5.32 Å². The summed E-state index contributed by atoms with van der Waals surface area (Å²) in [6.45, 7) is 7.89. The van der Waals surface area contributed by atoms with Crippen molar-refractivity contribution in [3.05, 3.63) is 71.3 Å². The van der Waals surface area contributed by atoms with E-state index < -0.39 is 0 Å². The van der Waals surface area contributed by atoms with Gasteiger partial charge in [0, 0.05) is 26.4 Å². The van der Waals surface area contributed by atoms with E-state index >= 15 is 0 Å². The third-order valence-corrected chi connectivity index (χ3v) is 3.35. The maximum absolute atomic E-state index is 11.7. The minimum Gasteiger partial charge on any atom is -0.343 e. The predicted molar refractivity (Wildman–Crippen MR) is 121 cm³/mol. The molecule has 6 nitrogen and oxygen atoms in total. The molecule has 0 saturated carbocycles. The van der Waals surface area contributed by atoms with Crippen LogP contribution in [0.25, 0.3) is 0 Å². The van der Waals surface area contributed by atoms with Crippen LogP contribution < -0.4 is 5.32 Å². The minimum absolute atomic E-state index is 0. The third kappa shape index (κ3) is 9.83. The Bertz CT molecular complexity index is 794. The molecule has 0 bridgehead atoms. The van der Waals surface area contributed by atoms with Gasteiger partial charge in [0.15, 0.2) is 0 Å². The summed E-state index contributed by atoms with van der Waals surface area (Å²) in [4.78, 5) is 34.0. The van der Waals surface area contributed by atoms with Gasteiger partial charge >= 0.3 is 0 Å². The number of amides is 1. The number of nitrogens with one attached hydrogen (secondary N) is 1. The van der Waals surface area contributed by atoms with Crippen LogP contribution in [0.15, 0.2) is 53.8 Å². The van der Waals surface area contributed by atoms with Gasteiger partial charge in [-0.15, -0.1) is 9.24 Å². The molecule has 0 fully saturated rings. The van der Waals surface area contributed by atoms with Gasteiger partial charge in [0.25, 0.3) is 5.91 Å². The predicted octanol–water partition coefficient (Wildman–Crippen LogP) is 3.59. The quantitative estimate of drug-likeness (QED) is 0.471. The number of aryl methyl sites for hydroxylation is 2. The largest absolute Gasteiger partial charge is 0.343 e. The summed E-state index contributed by atoms with van der Waals surface area (Å²) in [6, 6.07) is 7.51. The van der Waals surface area contributed by atoms with Gasteiger partial charge in [0.05, 0.1) is 6.54 Å². The van der Waals surface area contributed by atoms with Crippen molar-refractivity contribution in [1.29, 1.82) is 0 Å². The topological polar surface area (TPSA) is 84.3 Å². The first-order valence-electron chi connectivity index (χ1n) is 8.75. The van der Waals surface area contributed by atoms with E-state index in [0.29, 0.717) is 18.1 Å². The van der Waals surface area contributed by atoms with Crippen molar-refractivity contribution < 1.29 is 11.0 Å². The number of carbonyl (C=O) groups excluding carboxylic acids is 2. The highest BCUT2D eigenvalue weighted by Gasteiger charge is 2.07. The first kappa shape index (κ1) is 25.3. The number of aromatic nitrogens is 2. The summed E-state index contributed by atoms with van der Waals surface area (Å²) >= 11 is 0. The van der Waals surface area contributed by atoms with Crippen molar-refractivity contribution in [3.63, 3.8) is 0 Å². The molecule has 0 aliphatic carbocycles. The second kappa shape index (κ2) is 15.3. The van der Waals surface area contributed by atoms with E-state index in [1.807, 2.05) is 51.7 Å². The Labute approximate surface area is 171 Å². The summed E-state index contributed by atoms with van der Waals surface area (Å²) < 4.78 is 0. The molecule has 2 aromatic rings. The highest BCUT2D eigenvalue weighted by atomic mass is 31.0. The Hall–Kier alpha value is -2.72. The van der Waals surface area contributed by atoms with Crippen molar-refractivity contribution >= 4 is 27.1 Å². The van der Waals surface area contributed by atoms with E-state index in [2.05, 4.69) is 29.5 Å². The monoisotopic (exact) mass is 402 g/mol. The van der Waals surface area contributed by atoms with Crippen LogP contribution in [0, 0.1) is 13.8 Å². The first-order chi connectivity index (χ1) is 13.5. The minimum atomic E-state index is -0.227. The molecular weight excluding hydrogens is 371 g/mol. The molecule has 7 heteroatoms.